The Morgan fingerprint density at radius 2 is 1.95 bits per heavy atom. The van der Waals surface area contributed by atoms with Crippen molar-refractivity contribution in [2.75, 3.05) is 7.05 Å². The van der Waals surface area contributed by atoms with Crippen LogP contribution in [-0.4, -0.2) is 31.9 Å². The van der Waals surface area contributed by atoms with Gasteiger partial charge in [0.05, 0.1) is 4.90 Å². The highest BCUT2D eigenvalue weighted by Gasteiger charge is 2.32. The lowest BCUT2D eigenvalue weighted by molar-refractivity contribution is 0.249. The SMILES string of the molecule is Cc1ccc(CNC2CC2)cc1S(=O)(=O)N(C)C1CCC1. The maximum atomic E-state index is 12.8. The van der Waals surface area contributed by atoms with E-state index >= 15 is 0 Å². The van der Waals surface area contributed by atoms with Crippen molar-refractivity contribution >= 4 is 10.0 Å². The zero-order valence-corrected chi connectivity index (χ0v) is 13.6. The van der Waals surface area contributed by atoms with Crippen LogP contribution in [0.2, 0.25) is 0 Å². The summed E-state index contributed by atoms with van der Waals surface area (Å²) >= 11 is 0. The monoisotopic (exact) mass is 308 g/mol. The zero-order chi connectivity index (χ0) is 15.0. The van der Waals surface area contributed by atoms with Crippen molar-refractivity contribution in [1.82, 2.24) is 9.62 Å². The molecule has 0 bridgehead atoms. The first kappa shape index (κ1) is 15.0. The largest absolute Gasteiger partial charge is 0.310 e. The molecule has 1 N–H and O–H groups in total. The van der Waals surface area contributed by atoms with Gasteiger partial charge >= 0.3 is 0 Å². The van der Waals surface area contributed by atoms with E-state index in [9.17, 15) is 8.42 Å². The number of aryl methyl sites for hydroxylation is 1. The minimum Gasteiger partial charge on any atom is -0.310 e. The van der Waals surface area contributed by atoms with Gasteiger partial charge in [-0.05, 0) is 49.8 Å². The fourth-order valence-electron chi connectivity index (χ4n) is 2.68. The van der Waals surface area contributed by atoms with E-state index in [1.165, 1.54) is 12.8 Å². The summed E-state index contributed by atoms with van der Waals surface area (Å²) in [5, 5.41) is 3.44. The fourth-order valence-corrected chi connectivity index (χ4v) is 4.37. The summed E-state index contributed by atoms with van der Waals surface area (Å²) in [4.78, 5) is 0.465. The topological polar surface area (TPSA) is 49.4 Å². The van der Waals surface area contributed by atoms with E-state index in [0.29, 0.717) is 10.9 Å². The van der Waals surface area contributed by atoms with E-state index in [-0.39, 0.29) is 6.04 Å². The molecule has 116 valence electrons. The first-order chi connectivity index (χ1) is 9.98. The molecule has 3 rings (SSSR count). The van der Waals surface area contributed by atoms with Gasteiger partial charge in [-0.2, -0.15) is 4.31 Å². The van der Waals surface area contributed by atoms with Crippen molar-refractivity contribution in [1.29, 1.82) is 0 Å². The molecular weight excluding hydrogens is 284 g/mol. The summed E-state index contributed by atoms with van der Waals surface area (Å²) in [6.07, 6.45) is 5.58. The molecule has 0 unspecified atom stereocenters. The van der Waals surface area contributed by atoms with Crippen LogP contribution in [0.25, 0.3) is 0 Å². The summed E-state index contributed by atoms with van der Waals surface area (Å²) in [6, 6.07) is 6.60. The Kier molecular flexibility index (Phi) is 4.08. The summed E-state index contributed by atoms with van der Waals surface area (Å²) < 4.78 is 27.2. The minimum atomic E-state index is -3.37. The molecule has 2 aliphatic carbocycles. The summed E-state index contributed by atoms with van der Waals surface area (Å²) in [5.41, 5.74) is 1.88. The molecule has 2 fully saturated rings. The van der Waals surface area contributed by atoms with Gasteiger partial charge in [0, 0.05) is 25.7 Å². The van der Waals surface area contributed by atoms with E-state index < -0.39 is 10.0 Å². The normalized spacial score (nSPS) is 19.8. The Hall–Kier alpha value is -0.910. The number of rotatable bonds is 6. The average Bonchev–Trinajstić information content (AvgIpc) is 3.19. The lowest BCUT2D eigenvalue weighted by Gasteiger charge is -2.34. The molecular formula is C16H24N2O2S. The third kappa shape index (κ3) is 3.15. The first-order valence-electron chi connectivity index (χ1n) is 7.79. The molecule has 4 nitrogen and oxygen atoms in total. The van der Waals surface area contributed by atoms with Crippen LogP contribution in [0.4, 0.5) is 0 Å². The quantitative estimate of drug-likeness (QED) is 0.878. The number of sulfonamides is 1. The zero-order valence-electron chi connectivity index (χ0n) is 12.8. The van der Waals surface area contributed by atoms with Crippen LogP contribution in [0.1, 0.15) is 43.2 Å². The molecule has 0 saturated heterocycles. The van der Waals surface area contributed by atoms with E-state index in [1.54, 1.807) is 11.4 Å². The molecule has 0 spiro atoms. The number of nitrogens with zero attached hydrogens (tertiary/aromatic N) is 1. The van der Waals surface area contributed by atoms with E-state index in [4.69, 9.17) is 0 Å². The lowest BCUT2D eigenvalue weighted by Crippen LogP contribution is -2.41. The lowest BCUT2D eigenvalue weighted by atomic mass is 9.94. The van der Waals surface area contributed by atoms with Gasteiger partial charge in [-0.3, -0.25) is 0 Å². The Balaban J connectivity index is 1.82. The summed E-state index contributed by atoms with van der Waals surface area (Å²) in [7, 11) is -1.65. The van der Waals surface area contributed by atoms with Crippen LogP contribution in [0.5, 0.6) is 0 Å². The Labute approximate surface area is 127 Å². The second kappa shape index (κ2) is 5.71. The van der Waals surface area contributed by atoms with Crippen LogP contribution in [0.3, 0.4) is 0 Å². The highest BCUT2D eigenvalue weighted by Crippen LogP contribution is 2.30. The van der Waals surface area contributed by atoms with Crippen LogP contribution in [0, 0.1) is 6.92 Å². The smallest absolute Gasteiger partial charge is 0.243 e. The van der Waals surface area contributed by atoms with Gasteiger partial charge in [0.25, 0.3) is 0 Å². The average molecular weight is 308 g/mol. The van der Waals surface area contributed by atoms with E-state index in [1.807, 2.05) is 25.1 Å². The molecule has 5 heteroatoms. The molecule has 1 aromatic rings. The molecule has 2 saturated carbocycles. The summed E-state index contributed by atoms with van der Waals surface area (Å²) in [6.45, 7) is 2.63. The summed E-state index contributed by atoms with van der Waals surface area (Å²) in [5.74, 6) is 0. The Morgan fingerprint density at radius 3 is 2.52 bits per heavy atom. The van der Waals surface area contributed by atoms with Gasteiger partial charge in [-0.1, -0.05) is 18.6 Å². The Bertz CT molecular complexity index is 619. The number of hydrogen-bond acceptors (Lipinski definition) is 3. The van der Waals surface area contributed by atoms with Gasteiger partial charge in [-0.15, -0.1) is 0 Å². The highest BCUT2D eigenvalue weighted by molar-refractivity contribution is 7.89. The molecule has 21 heavy (non-hydrogen) atoms. The third-order valence-corrected chi connectivity index (χ3v) is 6.72. The maximum Gasteiger partial charge on any atom is 0.243 e. The van der Waals surface area contributed by atoms with Crippen molar-refractivity contribution in [2.45, 2.75) is 62.6 Å². The van der Waals surface area contributed by atoms with Crippen LogP contribution >= 0.6 is 0 Å². The van der Waals surface area contributed by atoms with Gasteiger partial charge < -0.3 is 5.32 Å². The van der Waals surface area contributed by atoms with Crippen LogP contribution < -0.4 is 5.32 Å². The van der Waals surface area contributed by atoms with Gasteiger partial charge in [0.2, 0.25) is 10.0 Å². The number of benzene rings is 1. The fraction of sp³-hybridized carbons (Fsp3) is 0.625. The predicted molar refractivity (Wildman–Crippen MR) is 83.6 cm³/mol. The van der Waals surface area contributed by atoms with Gasteiger partial charge in [-0.25, -0.2) is 8.42 Å². The molecule has 0 radical (unpaired) electrons. The van der Waals surface area contributed by atoms with E-state index in [2.05, 4.69) is 5.32 Å². The molecule has 0 amide bonds. The maximum absolute atomic E-state index is 12.8. The van der Waals surface area contributed by atoms with Crippen LogP contribution in [-0.2, 0) is 16.6 Å². The van der Waals surface area contributed by atoms with Gasteiger partial charge in [0.1, 0.15) is 0 Å². The number of nitrogens with one attached hydrogen (secondary N) is 1. The predicted octanol–water partition coefficient (Wildman–Crippen LogP) is 2.42. The molecule has 2 aliphatic rings. The Morgan fingerprint density at radius 1 is 1.24 bits per heavy atom. The van der Waals surface area contributed by atoms with Gasteiger partial charge in [0.15, 0.2) is 0 Å². The standard InChI is InChI=1S/C16H24N2O2S/c1-12-6-7-13(11-17-14-8-9-14)10-16(12)21(19,20)18(2)15-4-3-5-15/h6-7,10,14-15,17H,3-5,8-9,11H2,1-2H3. The molecule has 0 aromatic heterocycles. The minimum absolute atomic E-state index is 0.183. The second-order valence-corrected chi connectivity index (χ2v) is 8.33. The van der Waals surface area contributed by atoms with Crippen molar-refractivity contribution in [3.8, 4) is 0 Å². The second-order valence-electron chi connectivity index (χ2n) is 6.36. The molecule has 0 aliphatic heterocycles. The third-order valence-electron chi connectivity index (χ3n) is 4.67. The van der Waals surface area contributed by atoms with Crippen molar-refractivity contribution in [3.63, 3.8) is 0 Å². The van der Waals surface area contributed by atoms with Crippen molar-refractivity contribution in [3.05, 3.63) is 29.3 Å². The van der Waals surface area contributed by atoms with E-state index in [0.717, 1.165) is 36.9 Å². The first-order valence-corrected chi connectivity index (χ1v) is 9.23. The van der Waals surface area contributed by atoms with Crippen LogP contribution in [0.15, 0.2) is 23.1 Å². The molecule has 0 atom stereocenters. The molecule has 1 aromatic carbocycles. The highest BCUT2D eigenvalue weighted by atomic mass is 32.2. The molecule has 0 heterocycles. The number of hydrogen-bond donors (Lipinski definition) is 1. The van der Waals surface area contributed by atoms with Crippen molar-refractivity contribution in [2.24, 2.45) is 0 Å². The van der Waals surface area contributed by atoms with Crippen molar-refractivity contribution < 1.29 is 8.42 Å².